The number of ketones is 1. The van der Waals surface area contributed by atoms with Gasteiger partial charge >= 0.3 is 0 Å². The lowest BCUT2D eigenvalue weighted by molar-refractivity contribution is -0.207. The molecule has 1 spiro atoms. The fourth-order valence-corrected chi connectivity index (χ4v) is 2.88. The quantitative estimate of drug-likeness (QED) is 0.660. The maximum atomic E-state index is 11.7. The predicted molar refractivity (Wildman–Crippen MR) is 50.8 cm³/mol. The van der Waals surface area contributed by atoms with E-state index in [2.05, 4.69) is 15.9 Å². The van der Waals surface area contributed by atoms with E-state index in [0.29, 0.717) is 31.4 Å². The number of alkyl halides is 1. The van der Waals surface area contributed by atoms with Crippen LogP contribution in [0.3, 0.4) is 0 Å². The summed E-state index contributed by atoms with van der Waals surface area (Å²) in [6, 6.07) is 0. The molecule has 2 aliphatic rings. The van der Waals surface area contributed by atoms with Crippen LogP contribution in [0.1, 0.15) is 19.8 Å². The van der Waals surface area contributed by atoms with E-state index in [1.807, 2.05) is 6.92 Å². The molecule has 13 heavy (non-hydrogen) atoms. The van der Waals surface area contributed by atoms with Gasteiger partial charge in [-0.2, -0.15) is 0 Å². The number of rotatable bonds is 1. The van der Waals surface area contributed by atoms with Crippen LogP contribution in [0.2, 0.25) is 0 Å². The van der Waals surface area contributed by atoms with Crippen LogP contribution in [-0.4, -0.2) is 30.1 Å². The first-order valence-electron chi connectivity index (χ1n) is 4.52. The van der Waals surface area contributed by atoms with E-state index in [0.717, 1.165) is 0 Å². The van der Waals surface area contributed by atoms with Crippen molar-refractivity contribution in [2.45, 2.75) is 25.6 Å². The Morgan fingerprint density at radius 2 is 2.08 bits per heavy atom. The molecule has 1 aliphatic heterocycles. The average molecular weight is 249 g/mol. The average Bonchev–Trinajstić information content (AvgIpc) is 2.70. The highest BCUT2D eigenvalue weighted by Crippen LogP contribution is 2.49. The fourth-order valence-electron chi connectivity index (χ4n) is 2.14. The Kier molecular flexibility index (Phi) is 2.25. The van der Waals surface area contributed by atoms with Gasteiger partial charge in [0, 0.05) is 18.2 Å². The summed E-state index contributed by atoms with van der Waals surface area (Å²) in [6.45, 7) is 3.13. The van der Waals surface area contributed by atoms with E-state index < -0.39 is 11.2 Å². The zero-order valence-corrected chi connectivity index (χ0v) is 9.22. The van der Waals surface area contributed by atoms with Gasteiger partial charge in [0.1, 0.15) is 5.78 Å². The van der Waals surface area contributed by atoms with Crippen LogP contribution in [0.4, 0.5) is 0 Å². The molecule has 1 atom stereocenters. The van der Waals surface area contributed by atoms with E-state index in [4.69, 9.17) is 9.47 Å². The number of ether oxygens (including phenoxy) is 2. The Hall–Kier alpha value is 0.0700. The molecule has 1 unspecified atom stereocenters. The summed E-state index contributed by atoms with van der Waals surface area (Å²) in [5, 5.41) is 0.610. The monoisotopic (exact) mass is 248 g/mol. The third-order valence-electron chi connectivity index (χ3n) is 3.16. The normalized spacial score (nSPS) is 37.5. The number of hydrogen-bond acceptors (Lipinski definition) is 3. The Bertz CT molecular complexity index is 235. The van der Waals surface area contributed by atoms with Crippen molar-refractivity contribution in [2.75, 3.05) is 18.5 Å². The van der Waals surface area contributed by atoms with Crippen LogP contribution < -0.4 is 0 Å². The number of carbonyl (C=O) groups excluding carboxylic acids is 1. The molecule has 0 N–H and O–H groups in total. The van der Waals surface area contributed by atoms with E-state index in [9.17, 15) is 4.79 Å². The van der Waals surface area contributed by atoms with Gasteiger partial charge in [-0.15, -0.1) is 0 Å². The zero-order chi connectivity index (χ0) is 9.53. The van der Waals surface area contributed by atoms with Gasteiger partial charge in [0.05, 0.1) is 18.6 Å². The van der Waals surface area contributed by atoms with Crippen LogP contribution >= 0.6 is 15.9 Å². The van der Waals surface area contributed by atoms with E-state index in [1.165, 1.54) is 0 Å². The molecule has 1 heterocycles. The molecule has 1 aliphatic carbocycles. The van der Waals surface area contributed by atoms with Gasteiger partial charge in [-0.3, -0.25) is 4.79 Å². The van der Waals surface area contributed by atoms with Crippen molar-refractivity contribution >= 4 is 21.7 Å². The molecule has 0 aromatic rings. The zero-order valence-electron chi connectivity index (χ0n) is 7.64. The van der Waals surface area contributed by atoms with Crippen LogP contribution in [0.25, 0.3) is 0 Å². The minimum Gasteiger partial charge on any atom is -0.346 e. The molecule has 0 radical (unpaired) electrons. The fraction of sp³-hybridized carbons (Fsp3) is 0.889. The van der Waals surface area contributed by atoms with Crippen molar-refractivity contribution in [1.82, 2.24) is 0 Å². The first kappa shape index (κ1) is 9.62. The van der Waals surface area contributed by atoms with Gasteiger partial charge in [-0.25, -0.2) is 0 Å². The second kappa shape index (κ2) is 3.04. The van der Waals surface area contributed by atoms with Crippen LogP contribution in [-0.2, 0) is 14.3 Å². The maximum Gasteiger partial charge on any atom is 0.181 e. The molecule has 0 aromatic heterocycles. The highest BCUT2D eigenvalue weighted by atomic mass is 79.9. The third-order valence-corrected chi connectivity index (χ3v) is 4.28. The molecular formula is C9H13BrO3. The Morgan fingerprint density at radius 3 is 2.62 bits per heavy atom. The van der Waals surface area contributed by atoms with Crippen molar-refractivity contribution in [3.8, 4) is 0 Å². The van der Waals surface area contributed by atoms with E-state index in [-0.39, 0.29) is 5.78 Å². The van der Waals surface area contributed by atoms with Crippen molar-refractivity contribution in [3.05, 3.63) is 0 Å². The summed E-state index contributed by atoms with van der Waals surface area (Å²) >= 11 is 3.38. The van der Waals surface area contributed by atoms with E-state index in [1.54, 1.807) is 0 Å². The molecule has 1 saturated carbocycles. The van der Waals surface area contributed by atoms with Crippen molar-refractivity contribution < 1.29 is 14.3 Å². The van der Waals surface area contributed by atoms with Gasteiger partial charge < -0.3 is 9.47 Å². The molecule has 0 bridgehead atoms. The van der Waals surface area contributed by atoms with Gasteiger partial charge in [-0.05, 0) is 6.92 Å². The minimum absolute atomic E-state index is 0.242. The van der Waals surface area contributed by atoms with Crippen LogP contribution in [0.5, 0.6) is 0 Å². The molecule has 74 valence electrons. The number of Topliss-reactive ketones (excluding diaryl/α,β-unsaturated/α-hetero) is 1. The number of hydrogen-bond donors (Lipinski definition) is 0. The molecule has 0 aromatic carbocycles. The van der Waals surface area contributed by atoms with E-state index >= 15 is 0 Å². The van der Waals surface area contributed by atoms with Gasteiger partial charge in [0.2, 0.25) is 0 Å². The lowest BCUT2D eigenvalue weighted by atomic mass is 9.85. The maximum absolute atomic E-state index is 11.7. The summed E-state index contributed by atoms with van der Waals surface area (Å²) in [5.74, 6) is -0.389. The molecule has 2 rings (SSSR count). The van der Waals surface area contributed by atoms with Crippen LogP contribution in [0.15, 0.2) is 0 Å². The van der Waals surface area contributed by atoms with Crippen molar-refractivity contribution in [3.63, 3.8) is 0 Å². The molecule has 0 amide bonds. The highest BCUT2D eigenvalue weighted by Gasteiger charge is 2.60. The summed E-state index contributed by atoms with van der Waals surface area (Å²) < 4.78 is 11.2. The second-order valence-electron chi connectivity index (χ2n) is 3.84. The lowest BCUT2D eigenvalue weighted by Gasteiger charge is -2.35. The van der Waals surface area contributed by atoms with Gasteiger partial charge in [0.15, 0.2) is 5.79 Å². The highest BCUT2D eigenvalue weighted by molar-refractivity contribution is 9.09. The summed E-state index contributed by atoms with van der Waals surface area (Å²) in [4.78, 5) is 11.7. The summed E-state index contributed by atoms with van der Waals surface area (Å²) in [7, 11) is 0. The Balaban J connectivity index is 2.33. The standard InChI is InChI=1S/C9H13BrO3/c1-8(6-10)7(11)2-3-9(8)12-4-5-13-9/h2-6H2,1H3. The summed E-state index contributed by atoms with van der Waals surface area (Å²) in [6.07, 6.45) is 1.27. The largest absolute Gasteiger partial charge is 0.346 e. The van der Waals surface area contributed by atoms with Gasteiger partial charge in [0.25, 0.3) is 0 Å². The van der Waals surface area contributed by atoms with Gasteiger partial charge in [-0.1, -0.05) is 15.9 Å². The molecule has 4 heteroatoms. The number of halogens is 1. The molecule has 1 saturated heterocycles. The lowest BCUT2D eigenvalue weighted by Crippen LogP contribution is -2.47. The second-order valence-corrected chi connectivity index (χ2v) is 4.40. The molecule has 3 nitrogen and oxygen atoms in total. The van der Waals surface area contributed by atoms with Crippen molar-refractivity contribution in [2.24, 2.45) is 5.41 Å². The first-order chi connectivity index (χ1) is 6.15. The summed E-state index contributed by atoms with van der Waals surface area (Å²) in [5.41, 5.74) is -0.497. The topological polar surface area (TPSA) is 35.5 Å². The molecular weight excluding hydrogens is 236 g/mol. The third kappa shape index (κ3) is 1.12. The first-order valence-corrected chi connectivity index (χ1v) is 5.64. The minimum atomic E-state index is -0.631. The predicted octanol–water partition coefficient (Wildman–Crippen LogP) is 1.49. The number of carbonyl (C=O) groups is 1. The Morgan fingerprint density at radius 1 is 1.46 bits per heavy atom. The smallest absolute Gasteiger partial charge is 0.181 e. The molecule has 2 fully saturated rings. The Labute approximate surface area is 85.9 Å². The van der Waals surface area contributed by atoms with Crippen molar-refractivity contribution in [1.29, 1.82) is 0 Å². The van der Waals surface area contributed by atoms with Crippen LogP contribution in [0, 0.1) is 5.41 Å². The SMILES string of the molecule is CC1(CBr)C(=O)CCC12OCCO2.